The first-order valence-corrected chi connectivity index (χ1v) is 11.1. The average Bonchev–Trinajstić information content (AvgIpc) is 2.71. The highest BCUT2D eigenvalue weighted by Gasteiger charge is 2.29. The number of hydrogen-bond acceptors (Lipinski definition) is 7. The van der Waals surface area contributed by atoms with E-state index in [2.05, 4.69) is 4.98 Å². The van der Waals surface area contributed by atoms with Crippen LogP contribution < -0.4 is 5.56 Å². The van der Waals surface area contributed by atoms with E-state index in [1.54, 1.807) is 21.6 Å². The predicted molar refractivity (Wildman–Crippen MR) is 112 cm³/mol. The molecule has 150 valence electrons. The largest absolute Gasteiger partial charge is 0.468 e. The van der Waals surface area contributed by atoms with Crippen LogP contribution in [0.1, 0.15) is 19.9 Å². The average molecular weight is 422 g/mol. The number of para-hydroxylation sites is 1. The summed E-state index contributed by atoms with van der Waals surface area (Å²) in [4.78, 5) is 43.6. The molecule has 2 heterocycles. The molecular weight excluding hydrogens is 398 g/mol. The Bertz CT molecular complexity index is 944. The van der Waals surface area contributed by atoms with Crippen molar-refractivity contribution in [1.82, 2.24) is 14.5 Å². The zero-order valence-electron chi connectivity index (χ0n) is 16.1. The third-order valence-electron chi connectivity index (χ3n) is 4.50. The van der Waals surface area contributed by atoms with Gasteiger partial charge in [-0.1, -0.05) is 23.9 Å². The second-order valence-electron chi connectivity index (χ2n) is 6.69. The van der Waals surface area contributed by atoms with Crippen LogP contribution in [0.25, 0.3) is 10.9 Å². The maximum Gasteiger partial charge on any atom is 0.320 e. The summed E-state index contributed by atoms with van der Waals surface area (Å²) in [7, 11) is 1.36. The SMILES string of the molecule is COC(=O)[C@@H]1CN(C(=O)CSc2nc3ccccc3c(=O)n2C(C)C)CCS1. The summed E-state index contributed by atoms with van der Waals surface area (Å²) in [5.74, 6) is 0.480. The number of benzene rings is 1. The van der Waals surface area contributed by atoms with Crippen molar-refractivity contribution in [3.05, 3.63) is 34.6 Å². The van der Waals surface area contributed by atoms with E-state index in [4.69, 9.17) is 4.74 Å². The fourth-order valence-corrected chi connectivity index (χ4v) is 5.21. The third kappa shape index (κ3) is 4.35. The summed E-state index contributed by atoms with van der Waals surface area (Å²) in [5.41, 5.74) is 0.523. The van der Waals surface area contributed by atoms with Crippen LogP contribution in [0.3, 0.4) is 0 Å². The minimum Gasteiger partial charge on any atom is -0.468 e. The molecule has 1 aromatic heterocycles. The Morgan fingerprint density at radius 3 is 2.82 bits per heavy atom. The van der Waals surface area contributed by atoms with Gasteiger partial charge in [-0.3, -0.25) is 19.0 Å². The Morgan fingerprint density at radius 1 is 1.36 bits per heavy atom. The number of esters is 1. The number of amides is 1. The molecule has 7 nitrogen and oxygen atoms in total. The van der Waals surface area contributed by atoms with Gasteiger partial charge in [0.15, 0.2) is 5.16 Å². The summed E-state index contributed by atoms with van der Waals surface area (Å²) >= 11 is 2.77. The van der Waals surface area contributed by atoms with Crippen molar-refractivity contribution in [2.45, 2.75) is 30.3 Å². The smallest absolute Gasteiger partial charge is 0.320 e. The molecule has 0 N–H and O–H groups in total. The number of methoxy groups -OCH3 is 1. The molecule has 1 amide bonds. The highest BCUT2D eigenvalue weighted by Crippen LogP contribution is 2.24. The number of rotatable bonds is 5. The van der Waals surface area contributed by atoms with Gasteiger partial charge in [0.1, 0.15) is 5.25 Å². The highest BCUT2D eigenvalue weighted by molar-refractivity contribution is 8.00. The van der Waals surface area contributed by atoms with Gasteiger partial charge in [0.05, 0.1) is 23.8 Å². The molecule has 1 saturated heterocycles. The monoisotopic (exact) mass is 421 g/mol. The van der Waals surface area contributed by atoms with Gasteiger partial charge in [-0.2, -0.15) is 0 Å². The fourth-order valence-electron chi connectivity index (χ4n) is 3.05. The van der Waals surface area contributed by atoms with Gasteiger partial charge < -0.3 is 9.64 Å². The lowest BCUT2D eigenvalue weighted by molar-refractivity contribution is -0.141. The van der Waals surface area contributed by atoms with Crippen LogP contribution in [-0.4, -0.2) is 63.3 Å². The van der Waals surface area contributed by atoms with Gasteiger partial charge >= 0.3 is 5.97 Å². The van der Waals surface area contributed by atoms with E-state index in [0.29, 0.717) is 34.9 Å². The molecule has 0 aliphatic carbocycles. The number of aromatic nitrogens is 2. The fraction of sp³-hybridized carbons (Fsp3) is 0.474. The van der Waals surface area contributed by atoms with Crippen LogP contribution in [0.15, 0.2) is 34.2 Å². The van der Waals surface area contributed by atoms with Gasteiger partial charge in [-0.05, 0) is 26.0 Å². The first-order chi connectivity index (χ1) is 13.4. The summed E-state index contributed by atoms with van der Waals surface area (Å²) in [6, 6.07) is 7.15. The molecule has 9 heteroatoms. The third-order valence-corrected chi connectivity index (χ3v) is 6.60. The lowest BCUT2D eigenvalue weighted by Crippen LogP contribution is -2.45. The standard InChI is InChI=1S/C19H23N3O4S2/c1-12(2)22-17(24)13-6-4-5-7-14(13)20-19(22)28-11-16(23)21-8-9-27-15(10-21)18(25)26-3/h4-7,12,15H,8-11H2,1-3H3/t15-/m0/s1. The number of nitrogens with zero attached hydrogens (tertiary/aromatic N) is 3. The Kier molecular flexibility index (Phi) is 6.66. The van der Waals surface area contributed by atoms with Crippen LogP contribution in [0.4, 0.5) is 0 Å². The number of carbonyl (C=O) groups excluding carboxylic acids is 2. The first kappa shape index (κ1) is 20.7. The van der Waals surface area contributed by atoms with Crippen molar-refractivity contribution in [2.75, 3.05) is 31.7 Å². The highest BCUT2D eigenvalue weighted by atomic mass is 32.2. The van der Waals surface area contributed by atoms with Crippen molar-refractivity contribution in [1.29, 1.82) is 0 Å². The normalized spacial score (nSPS) is 17.1. The number of carbonyl (C=O) groups is 2. The minimum absolute atomic E-state index is 0.0719. The van der Waals surface area contributed by atoms with Gasteiger partial charge in [-0.15, -0.1) is 11.8 Å². The van der Waals surface area contributed by atoms with Crippen LogP contribution in [0.2, 0.25) is 0 Å². The molecule has 0 spiro atoms. The Morgan fingerprint density at radius 2 is 2.11 bits per heavy atom. The van der Waals surface area contributed by atoms with Crippen LogP contribution in [0.5, 0.6) is 0 Å². The summed E-state index contributed by atoms with van der Waals surface area (Å²) in [6.07, 6.45) is 0. The van der Waals surface area contributed by atoms with Crippen LogP contribution in [-0.2, 0) is 14.3 Å². The van der Waals surface area contributed by atoms with E-state index in [-0.39, 0.29) is 34.5 Å². The predicted octanol–water partition coefficient (Wildman–Crippen LogP) is 2.19. The molecule has 1 atom stereocenters. The van der Waals surface area contributed by atoms with E-state index in [0.717, 1.165) is 0 Å². The van der Waals surface area contributed by atoms with E-state index >= 15 is 0 Å². The lowest BCUT2D eigenvalue weighted by Gasteiger charge is -2.31. The molecule has 0 unspecified atom stereocenters. The second kappa shape index (κ2) is 9.00. The first-order valence-electron chi connectivity index (χ1n) is 9.03. The van der Waals surface area contributed by atoms with Crippen LogP contribution >= 0.6 is 23.5 Å². The molecule has 2 aromatic rings. The van der Waals surface area contributed by atoms with Crippen molar-refractivity contribution >= 4 is 46.3 Å². The summed E-state index contributed by atoms with van der Waals surface area (Å²) in [5, 5.41) is 0.754. The zero-order chi connectivity index (χ0) is 20.3. The summed E-state index contributed by atoms with van der Waals surface area (Å²) in [6.45, 7) is 4.79. The second-order valence-corrected chi connectivity index (χ2v) is 8.94. The van der Waals surface area contributed by atoms with Crippen molar-refractivity contribution in [3.63, 3.8) is 0 Å². The number of hydrogen-bond donors (Lipinski definition) is 0. The summed E-state index contributed by atoms with van der Waals surface area (Å²) < 4.78 is 6.42. The maximum absolute atomic E-state index is 12.8. The quantitative estimate of drug-likeness (QED) is 0.416. The van der Waals surface area contributed by atoms with Crippen molar-refractivity contribution in [2.24, 2.45) is 0 Å². The van der Waals surface area contributed by atoms with Crippen molar-refractivity contribution < 1.29 is 14.3 Å². The van der Waals surface area contributed by atoms with E-state index < -0.39 is 0 Å². The molecule has 1 aliphatic rings. The Balaban J connectivity index is 1.77. The van der Waals surface area contributed by atoms with E-state index in [1.165, 1.54) is 30.6 Å². The molecule has 1 aliphatic heterocycles. The lowest BCUT2D eigenvalue weighted by atomic mass is 10.2. The number of fused-ring (bicyclic) bond motifs is 1. The van der Waals surface area contributed by atoms with Gasteiger partial charge in [0.2, 0.25) is 5.91 Å². The van der Waals surface area contributed by atoms with E-state index in [9.17, 15) is 14.4 Å². The van der Waals surface area contributed by atoms with Gasteiger partial charge in [0.25, 0.3) is 5.56 Å². The maximum atomic E-state index is 12.8. The molecule has 0 saturated carbocycles. The molecule has 1 aromatic carbocycles. The topological polar surface area (TPSA) is 81.5 Å². The number of ether oxygens (including phenoxy) is 1. The molecular formula is C19H23N3O4S2. The van der Waals surface area contributed by atoms with Crippen molar-refractivity contribution in [3.8, 4) is 0 Å². The van der Waals surface area contributed by atoms with Gasteiger partial charge in [-0.25, -0.2) is 4.98 Å². The zero-order valence-corrected chi connectivity index (χ0v) is 17.7. The molecule has 28 heavy (non-hydrogen) atoms. The van der Waals surface area contributed by atoms with Gasteiger partial charge in [0, 0.05) is 24.9 Å². The van der Waals surface area contributed by atoms with E-state index in [1.807, 2.05) is 26.0 Å². The molecule has 0 bridgehead atoms. The molecule has 3 rings (SSSR count). The molecule has 0 radical (unpaired) electrons. The number of thioether (sulfide) groups is 2. The Hall–Kier alpha value is -2.00. The van der Waals surface area contributed by atoms with Crippen LogP contribution in [0, 0.1) is 0 Å². The molecule has 1 fully saturated rings. The minimum atomic E-state index is -0.347. The Labute approximate surface area is 171 Å².